The van der Waals surface area contributed by atoms with Crippen molar-refractivity contribution in [2.45, 2.75) is 25.4 Å². The van der Waals surface area contributed by atoms with Gasteiger partial charge in [0, 0.05) is 24.1 Å². The number of carboxylic acids is 1. The van der Waals surface area contributed by atoms with E-state index < -0.39 is 21.8 Å². The molecule has 5 aromatic rings. The van der Waals surface area contributed by atoms with Crippen LogP contribution in [0.2, 0.25) is 0 Å². The fourth-order valence-corrected chi connectivity index (χ4v) is 6.85. The van der Waals surface area contributed by atoms with E-state index in [1.807, 2.05) is 18.2 Å². The average Bonchev–Trinajstić information content (AvgIpc) is 3.85. The number of fused-ring (bicyclic) bond motifs is 2. The molecule has 250 valence electrons. The van der Waals surface area contributed by atoms with Gasteiger partial charge < -0.3 is 24.3 Å². The van der Waals surface area contributed by atoms with E-state index in [0.717, 1.165) is 35.6 Å². The Morgan fingerprint density at radius 2 is 1.67 bits per heavy atom. The van der Waals surface area contributed by atoms with Gasteiger partial charge >= 0.3 is 5.97 Å². The minimum Gasteiger partial charge on any atom is -0.478 e. The van der Waals surface area contributed by atoms with Crippen LogP contribution in [0, 0.1) is 5.82 Å². The van der Waals surface area contributed by atoms with Crippen LogP contribution in [0.4, 0.5) is 10.1 Å². The molecule has 0 bridgehead atoms. The van der Waals surface area contributed by atoms with Crippen LogP contribution in [-0.4, -0.2) is 65.1 Å². The number of rotatable bonds is 14. The molecule has 0 aliphatic heterocycles. The van der Waals surface area contributed by atoms with E-state index in [1.54, 1.807) is 30.3 Å². The van der Waals surface area contributed by atoms with Crippen molar-refractivity contribution in [2.24, 2.45) is 0 Å². The highest BCUT2D eigenvalue weighted by Gasteiger charge is 2.33. The summed E-state index contributed by atoms with van der Waals surface area (Å²) >= 11 is 0. The highest BCUT2D eigenvalue weighted by Crippen LogP contribution is 2.48. The van der Waals surface area contributed by atoms with Gasteiger partial charge in [0.05, 0.1) is 56.0 Å². The lowest BCUT2D eigenvalue weighted by Crippen LogP contribution is -2.34. The van der Waals surface area contributed by atoms with E-state index in [2.05, 4.69) is 5.32 Å². The summed E-state index contributed by atoms with van der Waals surface area (Å²) in [5.41, 5.74) is 3.49. The number of amides is 1. The smallest absolute Gasteiger partial charge is 0.336 e. The normalized spacial score (nSPS) is 13.2. The maximum Gasteiger partial charge on any atom is 0.336 e. The van der Waals surface area contributed by atoms with Crippen molar-refractivity contribution in [1.29, 1.82) is 0 Å². The molecule has 1 heterocycles. The van der Waals surface area contributed by atoms with Crippen LogP contribution in [-0.2, 0) is 26.1 Å². The molecule has 10 nitrogen and oxygen atoms in total. The zero-order valence-corrected chi connectivity index (χ0v) is 27.3. The Balaban J connectivity index is 1.17. The molecule has 4 aromatic carbocycles. The molecule has 1 amide bonds. The number of carbonyl (C=O) groups is 2. The molecule has 0 saturated heterocycles. The number of aromatic carboxylic acids is 1. The zero-order valence-electron chi connectivity index (χ0n) is 26.5. The predicted molar refractivity (Wildman–Crippen MR) is 181 cm³/mol. The molecule has 12 heteroatoms. The number of nitrogens with one attached hydrogen (secondary N) is 1. The minimum absolute atomic E-state index is 0.0409. The number of anilines is 1. The lowest BCUT2D eigenvalue weighted by Gasteiger charge is -2.25. The molecule has 1 aromatic heterocycles. The summed E-state index contributed by atoms with van der Waals surface area (Å²) in [6, 6.07) is 19.7. The monoisotopic (exact) mass is 674 g/mol. The molecule has 6 rings (SSSR count). The zero-order chi connectivity index (χ0) is 34.0. The summed E-state index contributed by atoms with van der Waals surface area (Å²) in [7, 11) is -2.23. The molecule has 1 aliphatic carbocycles. The largest absolute Gasteiger partial charge is 0.478 e. The highest BCUT2D eigenvalue weighted by atomic mass is 32.2. The van der Waals surface area contributed by atoms with Crippen LogP contribution >= 0.6 is 0 Å². The third kappa shape index (κ3) is 6.91. The number of halogens is 1. The molecule has 0 radical (unpaired) electrons. The third-order valence-corrected chi connectivity index (χ3v) is 9.58. The number of benzene rings is 4. The number of sulfonamides is 1. The van der Waals surface area contributed by atoms with Crippen molar-refractivity contribution in [3.63, 3.8) is 0 Å². The van der Waals surface area contributed by atoms with E-state index in [1.165, 1.54) is 35.6 Å². The SMILES string of the molecule is CNC(=O)c1c(-c2ccc(F)cc2)oc2cc(N(CCOCCOCc3ccc(C(=O)O)c4ccccc34)S(C)(=O)=O)c(C3CC3)cc12. The minimum atomic E-state index is -3.74. The summed E-state index contributed by atoms with van der Waals surface area (Å²) in [6.07, 6.45) is 2.91. The highest BCUT2D eigenvalue weighted by molar-refractivity contribution is 7.92. The number of ether oxygens (including phenoxy) is 2. The van der Waals surface area contributed by atoms with Crippen LogP contribution in [0.5, 0.6) is 0 Å². The van der Waals surface area contributed by atoms with Crippen molar-refractivity contribution in [1.82, 2.24) is 5.32 Å². The first kappa shape index (κ1) is 33.1. The van der Waals surface area contributed by atoms with Gasteiger partial charge in [-0.15, -0.1) is 0 Å². The second-order valence-electron chi connectivity index (χ2n) is 11.7. The van der Waals surface area contributed by atoms with Gasteiger partial charge in [0.25, 0.3) is 5.91 Å². The molecule has 1 saturated carbocycles. The molecule has 0 unspecified atom stereocenters. The van der Waals surface area contributed by atoms with Gasteiger partial charge in [-0.25, -0.2) is 17.6 Å². The van der Waals surface area contributed by atoms with E-state index in [-0.39, 0.29) is 56.1 Å². The summed E-state index contributed by atoms with van der Waals surface area (Å²) in [6.45, 7) is 0.849. The van der Waals surface area contributed by atoms with Crippen LogP contribution < -0.4 is 9.62 Å². The lowest BCUT2D eigenvalue weighted by atomic mass is 10.00. The number of carboxylic acid groups (broad SMARTS) is 1. The Bertz CT molecular complexity index is 2110. The van der Waals surface area contributed by atoms with Crippen molar-refractivity contribution < 1.29 is 41.4 Å². The molecule has 1 aliphatic rings. The van der Waals surface area contributed by atoms with Gasteiger partial charge in [0.1, 0.15) is 17.2 Å². The van der Waals surface area contributed by atoms with Crippen LogP contribution in [0.1, 0.15) is 50.6 Å². The second kappa shape index (κ2) is 13.8. The molecule has 0 atom stereocenters. The van der Waals surface area contributed by atoms with Gasteiger partial charge in [0.2, 0.25) is 10.0 Å². The Morgan fingerprint density at radius 1 is 0.958 bits per heavy atom. The summed E-state index contributed by atoms with van der Waals surface area (Å²) < 4.78 is 59.0. The Hall–Kier alpha value is -4.78. The van der Waals surface area contributed by atoms with Crippen LogP contribution in [0.3, 0.4) is 0 Å². The number of carbonyl (C=O) groups excluding carboxylic acids is 1. The van der Waals surface area contributed by atoms with Gasteiger partial charge in [-0.1, -0.05) is 30.3 Å². The Morgan fingerprint density at radius 3 is 2.33 bits per heavy atom. The first-order valence-electron chi connectivity index (χ1n) is 15.5. The second-order valence-corrected chi connectivity index (χ2v) is 13.6. The average molecular weight is 675 g/mol. The first-order valence-corrected chi connectivity index (χ1v) is 17.4. The van der Waals surface area contributed by atoms with Crippen molar-refractivity contribution in [3.8, 4) is 11.3 Å². The number of hydrogen-bond donors (Lipinski definition) is 2. The van der Waals surface area contributed by atoms with E-state index in [4.69, 9.17) is 13.9 Å². The van der Waals surface area contributed by atoms with E-state index in [9.17, 15) is 27.5 Å². The quantitative estimate of drug-likeness (QED) is 0.131. The molecule has 1 fully saturated rings. The maximum absolute atomic E-state index is 13.7. The summed E-state index contributed by atoms with van der Waals surface area (Å²) in [5, 5.41) is 14.1. The van der Waals surface area contributed by atoms with Gasteiger partial charge in [-0.3, -0.25) is 9.10 Å². The maximum atomic E-state index is 13.7. The summed E-state index contributed by atoms with van der Waals surface area (Å²) in [5.74, 6) is -1.39. The van der Waals surface area contributed by atoms with Crippen LogP contribution in [0.15, 0.2) is 77.2 Å². The van der Waals surface area contributed by atoms with Crippen LogP contribution in [0.25, 0.3) is 33.1 Å². The molecule has 0 spiro atoms. The summed E-state index contributed by atoms with van der Waals surface area (Å²) in [4.78, 5) is 24.6. The van der Waals surface area contributed by atoms with E-state index >= 15 is 0 Å². The fraction of sp³-hybridized carbons (Fsp3) is 0.278. The Kier molecular flexibility index (Phi) is 9.49. The van der Waals surface area contributed by atoms with E-state index in [0.29, 0.717) is 33.2 Å². The van der Waals surface area contributed by atoms with Crippen molar-refractivity contribution in [3.05, 3.63) is 101 Å². The predicted octanol–water partition coefficient (Wildman–Crippen LogP) is 6.33. The topological polar surface area (TPSA) is 135 Å². The van der Waals surface area contributed by atoms with Crippen molar-refractivity contribution >= 4 is 49.3 Å². The molecule has 48 heavy (non-hydrogen) atoms. The standard InChI is InChI=1S/C36H35FN2O8S/c1-38-35(40)33-30-19-29(22-7-8-22)31(20-32(30)47-34(33)23-9-12-25(37)13-10-23)39(48(2,43)44)15-16-45-17-18-46-21-24-11-14-28(36(41)42)27-6-4-3-5-26(24)27/h3-6,9-14,19-20,22H,7-8,15-18,21H2,1-2H3,(H,38,40)(H,41,42). The number of hydrogen-bond acceptors (Lipinski definition) is 7. The number of furan rings is 1. The molecular weight excluding hydrogens is 639 g/mol. The third-order valence-electron chi connectivity index (χ3n) is 8.40. The fourth-order valence-electron chi connectivity index (χ4n) is 5.93. The van der Waals surface area contributed by atoms with Crippen molar-refractivity contribution in [2.75, 3.05) is 44.0 Å². The van der Waals surface area contributed by atoms with Gasteiger partial charge in [-0.05, 0) is 77.1 Å². The lowest BCUT2D eigenvalue weighted by molar-refractivity contribution is 0.0439. The molecular formula is C36H35FN2O8S. The molecule has 2 N–H and O–H groups in total. The Labute approximate surface area is 277 Å². The van der Waals surface area contributed by atoms with Gasteiger partial charge in [0.15, 0.2) is 0 Å². The number of nitrogens with zero attached hydrogens (tertiary/aromatic N) is 1. The van der Waals surface area contributed by atoms with Gasteiger partial charge in [-0.2, -0.15) is 0 Å². The first-order chi connectivity index (χ1) is 23.1.